The Kier molecular flexibility index (Phi) is 2.78. The standard InChI is InChI=1S/C14H11BrFN3/c1-8-3-2-4-12-13(8)19(14(17)18-12)9-5-6-11(16)10(15)7-9/h2-7H,1H3,(H2,17,18). The number of nitrogen functional groups attached to an aromatic ring is 1. The lowest BCUT2D eigenvalue weighted by Gasteiger charge is -2.09. The van der Waals surface area contributed by atoms with Gasteiger partial charge in [-0.2, -0.15) is 0 Å². The monoisotopic (exact) mass is 319 g/mol. The molecule has 3 aromatic rings. The molecule has 1 heterocycles. The summed E-state index contributed by atoms with van der Waals surface area (Å²) in [6.07, 6.45) is 0. The SMILES string of the molecule is Cc1cccc2nc(N)n(-c3ccc(F)c(Br)c3)c12. The van der Waals surface area contributed by atoms with Crippen LogP contribution >= 0.6 is 15.9 Å². The van der Waals surface area contributed by atoms with Crippen LogP contribution in [0.5, 0.6) is 0 Å². The fourth-order valence-electron chi connectivity index (χ4n) is 2.20. The second-order valence-corrected chi connectivity index (χ2v) is 5.20. The average Bonchev–Trinajstić information content (AvgIpc) is 2.70. The van der Waals surface area contributed by atoms with Crippen LogP contribution in [0.4, 0.5) is 10.3 Å². The Hall–Kier alpha value is -1.88. The molecule has 19 heavy (non-hydrogen) atoms. The van der Waals surface area contributed by atoms with Crippen LogP contribution in [0.1, 0.15) is 5.56 Å². The maximum absolute atomic E-state index is 13.3. The summed E-state index contributed by atoms with van der Waals surface area (Å²) in [7, 11) is 0. The van der Waals surface area contributed by atoms with E-state index in [4.69, 9.17) is 5.73 Å². The van der Waals surface area contributed by atoms with Gasteiger partial charge in [-0.25, -0.2) is 9.37 Å². The van der Waals surface area contributed by atoms with Gasteiger partial charge in [0.05, 0.1) is 21.2 Å². The van der Waals surface area contributed by atoms with E-state index < -0.39 is 0 Å². The molecule has 3 rings (SSSR count). The van der Waals surface area contributed by atoms with Crippen molar-refractivity contribution < 1.29 is 4.39 Å². The highest BCUT2D eigenvalue weighted by atomic mass is 79.9. The summed E-state index contributed by atoms with van der Waals surface area (Å²) in [6, 6.07) is 10.6. The molecule has 0 aliphatic rings. The third-order valence-electron chi connectivity index (χ3n) is 3.07. The molecule has 2 N–H and O–H groups in total. The number of hydrogen-bond donors (Lipinski definition) is 1. The molecule has 5 heteroatoms. The molecule has 1 aromatic heterocycles. The molecule has 0 bridgehead atoms. The molecule has 0 radical (unpaired) electrons. The molecule has 0 aliphatic heterocycles. The molecule has 3 nitrogen and oxygen atoms in total. The minimum absolute atomic E-state index is 0.302. The molecule has 96 valence electrons. The van der Waals surface area contributed by atoms with Crippen molar-refractivity contribution in [3.8, 4) is 5.69 Å². The van der Waals surface area contributed by atoms with Gasteiger partial charge in [0, 0.05) is 0 Å². The Labute approximate surface area is 118 Å². The number of aryl methyl sites for hydroxylation is 1. The highest BCUT2D eigenvalue weighted by Gasteiger charge is 2.12. The Bertz CT molecular complexity index is 780. The third kappa shape index (κ3) is 1.90. The zero-order valence-corrected chi connectivity index (χ0v) is 11.8. The molecule has 0 atom stereocenters. The van der Waals surface area contributed by atoms with E-state index in [1.165, 1.54) is 6.07 Å². The van der Waals surface area contributed by atoms with Crippen LogP contribution in [0.15, 0.2) is 40.9 Å². The van der Waals surface area contributed by atoms with Crippen molar-refractivity contribution in [2.45, 2.75) is 6.92 Å². The smallest absolute Gasteiger partial charge is 0.205 e. The number of aromatic nitrogens is 2. The van der Waals surface area contributed by atoms with Crippen molar-refractivity contribution in [2.24, 2.45) is 0 Å². The Morgan fingerprint density at radius 2 is 2.05 bits per heavy atom. The maximum atomic E-state index is 13.3. The van der Waals surface area contributed by atoms with Crippen LogP contribution in [0, 0.1) is 12.7 Å². The number of rotatable bonds is 1. The number of benzene rings is 2. The van der Waals surface area contributed by atoms with Crippen molar-refractivity contribution in [3.63, 3.8) is 0 Å². The first kappa shape index (κ1) is 12.2. The molecule has 0 fully saturated rings. The van der Waals surface area contributed by atoms with E-state index in [9.17, 15) is 4.39 Å². The predicted octanol–water partition coefficient (Wildman–Crippen LogP) is 3.82. The number of imidazole rings is 1. The number of nitrogens with two attached hydrogens (primary N) is 1. The molecule has 0 spiro atoms. The average molecular weight is 320 g/mol. The molecule has 0 saturated carbocycles. The van der Waals surface area contributed by atoms with Crippen LogP contribution in [0.3, 0.4) is 0 Å². The van der Waals surface area contributed by atoms with Crippen LogP contribution < -0.4 is 5.73 Å². The Morgan fingerprint density at radius 3 is 2.79 bits per heavy atom. The second kappa shape index (κ2) is 4.35. The van der Waals surface area contributed by atoms with Crippen molar-refractivity contribution in [1.82, 2.24) is 9.55 Å². The summed E-state index contributed by atoms with van der Waals surface area (Å²) in [5.74, 6) is 0.0891. The van der Waals surface area contributed by atoms with Gasteiger partial charge >= 0.3 is 0 Å². The summed E-state index contributed by atoms with van der Waals surface area (Å²) in [6.45, 7) is 2.00. The van der Waals surface area contributed by atoms with Crippen LogP contribution in [0.25, 0.3) is 16.7 Å². The van der Waals surface area contributed by atoms with Crippen LogP contribution in [-0.2, 0) is 0 Å². The quantitative estimate of drug-likeness (QED) is 0.741. The Morgan fingerprint density at radius 1 is 1.26 bits per heavy atom. The number of nitrogens with zero attached hydrogens (tertiary/aromatic N) is 2. The lowest BCUT2D eigenvalue weighted by molar-refractivity contribution is 0.620. The molecule has 0 saturated heterocycles. The number of fused-ring (bicyclic) bond motifs is 1. The lowest BCUT2D eigenvalue weighted by Crippen LogP contribution is -2.01. The number of anilines is 1. The first-order chi connectivity index (χ1) is 9.08. The van der Waals surface area contributed by atoms with Gasteiger partial charge in [-0.15, -0.1) is 0 Å². The highest BCUT2D eigenvalue weighted by molar-refractivity contribution is 9.10. The van der Waals surface area contributed by atoms with Crippen molar-refractivity contribution >= 4 is 32.9 Å². The van der Waals surface area contributed by atoms with Gasteiger partial charge in [-0.3, -0.25) is 4.57 Å². The molecule has 0 amide bonds. The van der Waals surface area contributed by atoms with E-state index in [0.717, 1.165) is 22.3 Å². The number of hydrogen-bond acceptors (Lipinski definition) is 2. The predicted molar refractivity (Wildman–Crippen MR) is 77.9 cm³/mol. The lowest BCUT2D eigenvalue weighted by atomic mass is 10.2. The largest absolute Gasteiger partial charge is 0.369 e. The third-order valence-corrected chi connectivity index (χ3v) is 3.67. The number of para-hydroxylation sites is 1. The summed E-state index contributed by atoms with van der Waals surface area (Å²) >= 11 is 3.19. The molecular weight excluding hydrogens is 309 g/mol. The number of halogens is 2. The highest BCUT2D eigenvalue weighted by Crippen LogP contribution is 2.27. The zero-order valence-electron chi connectivity index (χ0n) is 10.2. The zero-order chi connectivity index (χ0) is 13.6. The van der Waals surface area contributed by atoms with E-state index in [-0.39, 0.29) is 5.82 Å². The first-order valence-corrected chi connectivity index (χ1v) is 6.56. The fourth-order valence-corrected chi connectivity index (χ4v) is 2.56. The van der Waals surface area contributed by atoms with Crippen LogP contribution in [0.2, 0.25) is 0 Å². The second-order valence-electron chi connectivity index (χ2n) is 4.35. The van der Waals surface area contributed by atoms with Gasteiger partial charge in [0.25, 0.3) is 0 Å². The maximum Gasteiger partial charge on any atom is 0.205 e. The van der Waals surface area contributed by atoms with Crippen molar-refractivity contribution in [1.29, 1.82) is 0 Å². The molecule has 0 aliphatic carbocycles. The van der Waals surface area contributed by atoms with E-state index >= 15 is 0 Å². The van der Waals surface area contributed by atoms with Crippen molar-refractivity contribution in [2.75, 3.05) is 5.73 Å². The molecule has 0 unspecified atom stereocenters. The summed E-state index contributed by atoms with van der Waals surface area (Å²) in [5, 5.41) is 0. The van der Waals surface area contributed by atoms with Gasteiger partial charge < -0.3 is 5.73 Å². The summed E-state index contributed by atoms with van der Waals surface area (Å²) < 4.78 is 15.6. The van der Waals surface area contributed by atoms with E-state index in [1.807, 2.05) is 29.7 Å². The van der Waals surface area contributed by atoms with Gasteiger partial charge in [0.15, 0.2) is 0 Å². The molecular formula is C14H11BrFN3. The fraction of sp³-hybridized carbons (Fsp3) is 0.0714. The van der Waals surface area contributed by atoms with E-state index in [1.54, 1.807) is 12.1 Å². The minimum Gasteiger partial charge on any atom is -0.369 e. The Balaban J connectivity index is 2.35. The van der Waals surface area contributed by atoms with Gasteiger partial charge in [0.2, 0.25) is 5.95 Å². The first-order valence-electron chi connectivity index (χ1n) is 5.77. The van der Waals surface area contributed by atoms with Gasteiger partial charge in [0.1, 0.15) is 5.82 Å². The van der Waals surface area contributed by atoms with Crippen LogP contribution in [-0.4, -0.2) is 9.55 Å². The van der Waals surface area contributed by atoms with Gasteiger partial charge in [-0.1, -0.05) is 12.1 Å². The van der Waals surface area contributed by atoms with E-state index in [0.29, 0.717) is 10.4 Å². The van der Waals surface area contributed by atoms with E-state index in [2.05, 4.69) is 20.9 Å². The van der Waals surface area contributed by atoms with Crippen molar-refractivity contribution in [3.05, 3.63) is 52.3 Å². The topological polar surface area (TPSA) is 43.8 Å². The summed E-state index contributed by atoms with van der Waals surface area (Å²) in [5.41, 5.74) is 9.61. The molecule has 2 aromatic carbocycles. The van der Waals surface area contributed by atoms with Gasteiger partial charge in [-0.05, 0) is 52.7 Å². The minimum atomic E-state index is -0.302. The normalized spacial score (nSPS) is 11.1. The summed E-state index contributed by atoms with van der Waals surface area (Å²) in [4.78, 5) is 4.33.